The molecule has 1 aliphatic rings. The summed E-state index contributed by atoms with van der Waals surface area (Å²) in [5.41, 5.74) is 1.54. The minimum atomic E-state index is -4.79. The van der Waals surface area contributed by atoms with Gasteiger partial charge in [-0.2, -0.15) is 0 Å². The zero-order chi connectivity index (χ0) is 20.1. The van der Waals surface area contributed by atoms with Gasteiger partial charge >= 0.3 is 6.36 Å². The van der Waals surface area contributed by atoms with Crippen molar-refractivity contribution in [1.82, 2.24) is 0 Å². The lowest BCUT2D eigenvalue weighted by molar-refractivity contribution is -0.274. The van der Waals surface area contributed by atoms with Crippen LogP contribution in [0.3, 0.4) is 0 Å². The Labute approximate surface area is 160 Å². The summed E-state index contributed by atoms with van der Waals surface area (Å²) in [7, 11) is 0. The van der Waals surface area contributed by atoms with Crippen LogP contribution < -0.4 is 15.0 Å². The first kappa shape index (κ1) is 19.7. The number of para-hydroxylation sites is 1. The molecule has 1 fully saturated rings. The molecule has 0 aliphatic carbocycles. The zero-order valence-corrected chi connectivity index (χ0v) is 15.0. The number of anilines is 2. The second kappa shape index (κ2) is 8.33. The van der Waals surface area contributed by atoms with Gasteiger partial charge in [-0.05, 0) is 42.7 Å². The third-order valence-corrected chi connectivity index (χ3v) is 4.33. The summed E-state index contributed by atoms with van der Waals surface area (Å²) >= 11 is 0. The molecule has 3 rings (SSSR count). The standard InChI is InChI=1S/C20H19F3N2O3/c21-20(22,23)28-17-8-2-1-5-14(17)10-11-18(26)24-15-6-3-7-16(13-15)25-12-4-9-19(25)27/h1-3,5-8,13H,4,9-12H2,(H,24,26). The highest BCUT2D eigenvalue weighted by molar-refractivity contribution is 5.97. The first-order chi connectivity index (χ1) is 13.3. The Balaban J connectivity index is 1.60. The van der Waals surface area contributed by atoms with Crippen LogP contribution in [0.1, 0.15) is 24.8 Å². The molecular weight excluding hydrogens is 373 g/mol. The van der Waals surface area contributed by atoms with Crippen molar-refractivity contribution in [2.75, 3.05) is 16.8 Å². The van der Waals surface area contributed by atoms with Gasteiger partial charge in [-0.1, -0.05) is 24.3 Å². The number of hydrogen-bond acceptors (Lipinski definition) is 3. The fourth-order valence-corrected chi connectivity index (χ4v) is 3.08. The molecule has 2 aromatic rings. The predicted octanol–water partition coefficient (Wildman–Crippen LogP) is 4.28. The van der Waals surface area contributed by atoms with Crippen molar-refractivity contribution in [3.05, 3.63) is 54.1 Å². The molecule has 0 bridgehead atoms. The monoisotopic (exact) mass is 392 g/mol. The van der Waals surface area contributed by atoms with Crippen LogP contribution in [0.25, 0.3) is 0 Å². The van der Waals surface area contributed by atoms with E-state index in [0.717, 1.165) is 6.42 Å². The van der Waals surface area contributed by atoms with E-state index in [0.29, 0.717) is 29.9 Å². The number of carbonyl (C=O) groups excluding carboxylic acids is 2. The molecular formula is C20H19F3N2O3. The average molecular weight is 392 g/mol. The van der Waals surface area contributed by atoms with E-state index >= 15 is 0 Å². The van der Waals surface area contributed by atoms with Crippen molar-refractivity contribution < 1.29 is 27.5 Å². The van der Waals surface area contributed by atoms with Crippen LogP contribution in [0.2, 0.25) is 0 Å². The van der Waals surface area contributed by atoms with Crippen LogP contribution >= 0.6 is 0 Å². The molecule has 2 amide bonds. The minimum Gasteiger partial charge on any atom is -0.406 e. The van der Waals surface area contributed by atoms with Crippen LogP contribution in [0, 0.1) is 0 Å². The van der Waals surface area contributed by atoms with E-state index in [1.165, 1.54) is 18.2 Å². The second-order valence-electron chi connectivity index (χ2n) is 6.40. The van der Waals surface area contributed by atoms with Gasteiger partial charge in [0, 0.05) is 30.8 Å². The van der Waals surface area contributed by atoms with Gasteiger partial charge in [0.1, 0.15) is 5.75 Å². The lowest BCUT2D eigenvalue weighted by atomic mass is 10.1. The molecule has 148 valence electrons. The summed E-state index contributed by atoms with van der Waals surface area (Å²) in [6, 6.07) is 12.7. The predicted molar refractivity (Wildman–Crippen MR) is 98.1 cm³/mol. The number of amides is 2. The van der Waals surface area contributed by atoms with Crippen molar-refractivity contribution >= 4 is 23.2 Å². The molecule has 0 radical (unpaired) electrons. The van der Waals surface area contributed by atoms with Crippen molar-refractivity contribution in [1.29, 1.82) is 0 Å². The first-order valence-corrected chi connectivity index (χ1v) is 8.86. The van der Waals surface area contributed by atoms with Crippen LogP contribution in [0.15, 0.2) is 48.5 Å². The van der Waals surface area contributed by atoms with Gasteiger partial charge in [-0.15, -0.1) is 13.2 Å². The smallest absolute Gasteiger partial charge is 0.406 e. The van der Waals surface area contributed by atoms with E-state index in [4.69, 9.17) is 0 Å². The Hall–Kier alpha value is -3.03. The Bertz CT molecular complexity index is 868. The summed E-state index contributed by atoms with van der Waals surface area (Å²) in [5.74, 6) is -0.603. The van der Waals surface area contributed by atoms with E-state index in [1.54, 1.807) is 35.2 Å². The van der Waals surface area contributed by atoms with Crippen LogP contribution in [-0.2, 0) is 16.0 Å². The van der Waals surface area contributed by atoms with Crippen molar-refractivity contribution in [3.63, 3.8) is 0 Å². The summed E-state index contributed by atoms with van der Waals surface area (Å²) in [6.07, 6.45) is -3.38. The highest BCUT2D eigenvalue weighted by Crippen LogP contribution is 2.27. The number of nitrogens with one attached hydrogen (secondary N) is 1. The molecule has 1 N–H and O–H groups in total. The van der Waals surface area contributed by atoms with Gasteiger partial charge in [0.15, 0.2) is 0 Å². The maximum absolute atomic E-state index is 12.5. The van der Waals surface area contributed by atoms with Crippen molar-refractivity contribution in [2.45, 2.75) is 32.0 Å². The molecule has 0 saturated carbocycles. The Morgan fingerprint density at radius 2 is 1.93 bits per heavy atom. The van der Waals surface area contributed by atoms with Crippen molar-refractivity contribution in [2.24, 2.45) is 0 Å². The van der Waals surface area contributed by atoms with Crippen LogP contribution in [0.5, 0.6) is 5.75 Å². The minimum absolute atomic E-state index is 0.00883. The first-order valence-electron chi connectivity index (χ1n) is 8.86. The summed E-state index contributed by atoms with van der Waals surface area (Å²) in [4.78, 5) is 25.7. The maximum atomic E-state index is 12.5. The van der Waals surface area contributed by atoms with Crippen LogP contribution in [0.4, 0.5) is 24.5 Å². The van der Waals surface area contributed by atoms with E-state index in [1.807, 2.05) is 0 Å². The molecule has 0 unspecified atom stereocenters. The molecule has 0 spiro atoms. The molecule has 0 atom stereocenters. The quantitative estimate of drug-likeness (QED) is 0.798. The SMILES string of the molecule is O=C(CCc1ccccc1OC(F)(F)F)Nc1cccc(N2CCCC2=O)c1. The number of ether oxygens (including phenoxy) is 1. The highest BCUT2D eigenvalue weighted by atomic mass is 19.4. The normalized spacial score (nSPS) is 14.2. The number of rotatable bonds is 6. The molecule has 2 aromatic carbocycles. The van der Waals surface area contributed by atoms with Gasteiger partial charge in [0.05, 0.1) is 0 Å². The van der Waals surface area contributed by atoms with Gasteiger partial charge in [-0.25, -0.2) is 0 Å². The second-order valence-corrected chi connectivity index (χ2v) is 6.40. The van der Waals surface area contributed by atoms with Gasteiger partial charge in [0.25, 0.3) is 0 Å². The van der Waals surface area contributed by atoms with E-state index in [2.05, 4.69) is 10.1 Å². The fourth-order valence-electron chi connectivity index (χ4n) is 3.08. The maximum Gasteiger partial charge on any atom is 0.573 e. The molecule has 28 heavy (non-hydrogen) atoms. The Morgan fingerprint density at radius 3 is 2.64 bits per heavy atom. The lowest BCUT2D eigenvalue weighted by Crippen LogP contribution is -2.23. The molecule has 8 heteroatoms. The third kappa shape index (κ3) is 5.25. The summed E-state index contributed by atoms with van der Waals surface area (Å²) < 4.78 is 41.4. The molecule has 1 saturated heterocycles. The van der Waals surface area contributed by atoms with E-state index in [-0.39, 0.29) is 30.4 Å². The molecule has 1 heterocycles. The number of nitrogens with zero attached hydrogens (tertiary/aromatic N) is 1. The number of halogens is 3. The molecule has 1 aliphatic heterocycles. The fraction of sp³-hybridized carbons (Fsp3) is 0.300. The number of aryl methyl sites for hydroxylation is 1. The Kier molecular flexibility index (Phi) is 5.87. The third-order valence-electron chi connectivity index (χ3n) is 4.33. The number of carbonyl (C=O) groups is 2. The number of benzene rings is 2. The molecule has 0 aromatic heterocycles. The summed E-state index contributed by atoms with van der Waals surface area (Å²) in [6.45, 7) is 0.645. The highest BCUT2D eigenvalue weighted by Gasteiger charge is 2.32. The van der Waals surface area contributed by atoms with Crippen molar-refractivity contribution in [3.8, 4) is 5.75 Å². The van der Waals surface area contributed by atoms with E-state index < -0.39 is 6.36 Å². The molecule has 5 nitrogen and oxygen atoms in total. The number of hydrogen-bond donors (Lipinski definition) is 1. The topological polar surface area (TPSA) is 58.6 Å². The largest absolute Gasteiger partial charge is 0.573 e. The van der Waals surface area contributed by atoms with Crippen LogP contribution in [-0.4, -0.2) is 24.7 Å². The average Bonchev–Trinajstić information content (AvgIpc) is 3.06. The number of alkyl halides is 3. The van der Waals surface area contributed by atoms with Gasteiger partial charge in [-0.3, -0.25) is 9.59 Å². The zero-order valence-electron chi connectivity index (χ0n) is 15.0. The van der Waals surface area contributed by atoms with Gasteiger partial charge < -0.3 is 15.0 Å². The van der Waals surface area contributed by atoms with Gasteiger partial charge in [0.2, 0.25) is 11.8 Å². The lowest BCUT2D eigenvalue weighted by Gasteiger charge is -2.17. The Morgan fingerprint density at radius 1 is 1.14 bits per heavy atom. The summed E-state index contributed by atoms with van der Waals surface area (Å²) in [5, 5.41) is 2.72. The van der Waals surface area contributed by atoms with E-state index in [9.17, 15) is 22.8 Å².